The van der Waals surface area contributed by atoms with Gasteiger partial charge in [0, 0.05) is 17.6 Å². The predicted molar refractivity (Wildman–Crippen MR) is 64.0 cm³/mol. The number of aromatic nitrogens is 1. The first-order chi connectivity index (χ1) is 7.83. The van der Waals surface area contributed by atoms with Gasteiger partial charge in [0.2, 0.25) is 0 Å². The summed E-state index contributed by atoms with van der Waals surface area (Å²) < 4.78 is 37.9. The van der Waals surface area contributed by atoms with Crippen LogP contribution in [0.4, 0.5) is 19.0 Å². The van der Waals surface area contributed by atoms with Crippen molar-refractivity contribution in [2.24, 2.45) is 5.73 Å². The molecule has 0 fully saturated rings. The van der Waals surface area contributed by atoms with E-state index in [1.165, 1.54) is 0 Å². The zero-order valence-corrected chi connectivity index (χ0v) is 10.8. The summed E-state index contributed by atoms with van der Waals surface area (Å²) in [4.78, 5) is 5.22. The standard InChI is InChI=1S/C10H13BrF3N3/c1-7-8(11)2-3-9(16-7)17(5-4-15)6-10(12,13)14/h2-3H,4-6,15H2,1H3. The zero-order valence-electron chi connectivity index (χ0n) is 9.26. The Labute approximate surface area is 106 Å². The lowest BCUT2D eigenvalue weighted by atomic mass is 10.3. The molecule has 0 aliphatic carbocycles. The number of hydrogen-bond acceptors (Lipinski definition) is 3. The Bertz CT molecular complexity index is 382. The van der Waals surface area contributed by atoms with Crippen LogP contribution in [-0.4, -0.2) is 30.8 Å². The normalized spacial score (nSPS) is 11.6. The van der Waals surface area contributed by atoms with Crippen LogP contribution in [0.3, 0.4) is 0 Å². The molecule has 1 heterocycles. The van der Waals surface area contributed by atoms with Crippen molar-refractivity contribution in [1.82, 2.24) is 4.98 Å². The van der Waals surface area contributed by atoms with Crippen LogP contribution in [0.15, 0.2) is 16.6 Å². The molecule has 0 amide bonds. The molecule has 0 aliphatic heterocycles. The maximum Gasteiger partial charge on any atom is 0.405 e. The SMILES string of the molecule is Cc1nc(N(CCN)CC(F)(F)F)ccc1Br. The Morgan fingerprint density at radius 1 is 1.41 bits per heavy atom. The van der Waals surface area contributed by atoms with Crippen molar-refractivity contribution in [1.29, 1.82) is 0 Å². The summed E-state index contributed by atoms with van der Waals surface area (Å²) in [5.74, 6) is 0.286. The topological polar surface area (TPSA) is 42.2 Å². The van der Waals surface area contributed by atoms with Gasteiger partial charge in [-0.05, 0) is 35.0 Å². The molecule has 1 aromatic rings. The number of rotatable bonds is 4. The molecule has 0 atom stereocenters. The Balaban J connectivity index is 2.93. The largest absolute Gasteiger partial charge is 0.405 e. The summed E-state index contributed by atoms with van der Waals surface area (Å²) in [6.07, 6.45) is -4.27. The second kappa shape index (κ2) is 5.68. The highest BCUT2D eigenvalue weighted by Crippen LogP contribution is 2.23. The van der Waals surface area contributed by atoms with Gasteiger partial charge in [-0.15, -0.1) is 0 Å². The van der Waals surface area contributed by atoms with Crippen LogP contribution in [-0.2, 0) is 0 Å². The van der Waals surface area contributed by atoms with Crippen molar-refractivity contribution in [3.05, 3.63) is 22.3 Å². The molecule has 96 valence electrons. The van der Waals surface area contributed by atoms with E-state index in [1.807, 2.05) is 0 Å². The highest BCUT2D eigenvalue weighted by Gasteiger charge is 2.31. The average molecular weight is 312 g/mol. The number of nitrogens with zero attached hydrogens (tertiary/aromatic N) is 2. The Morgan fingerprint density at radius 2 is 2.06 bits per heavy atom. The van der Waals surface area contributed by atoms with E-state index < -0.39 is 12.7 Å². The van der Waals surface area contributed by atoms with Crippen molar-refractivity contribution >= 4 is 21.7 Å². The smallest absolute Gasteiger partial charge is 0.346 e. The van der Waals surface area contributed by atoms with Crippen molar-refractivity contribution in [2.45, 2.75) is 13.1 Å². The molecule has 2 N–H and O–H groups in total. The lowest BCUT2D eigenvalue weighted by Gasteiger charge is -2.24. The fraction of sp³-hybridized carbons (Fsp3) is 0.500. The number of hydrogen-bond donors (Lipinski definition) is 1. The minimum absolute atomic E-state index is 0.119. The fourth-order valence-electron chi connectivity index (χ4n) is 1.35. The summed E-state index contributed by atoms with van der Waals surface area (Å²) in [6, 6.07) is 3.22. The van der Waals surface area contributed by atoms with Crippen LogP contribution < -0.4 is 10.6 Å². The molecule has 0 aromatic carbocycles. The number of aryl methyl sites for hydroxylation is 1. The molecule has 0 radical (unpaired) electrons. The number of pyridine rings is 1. The van der Waals surface area contributed by atoms with Gasteiger partial charge in [0.1, 0.15) is 12.4 Å². The van der Waals surface area contributed by atoms with Gasteiger partial charge in [0.05, 0.1) is 5.69 Å². The van der Waals surface area contributed by atoms with E-state index in [-0.39, 0.29) is 18.9 Å². The van der Waals surface area contributed by atoms with E-state index in [2.05, 4.69) is 20.9 Å². The minimum atomic E-state index is -4.27. The minimum Gasteiger partial charge on any atom is -0.346 e. The van der Waals surface area contributed by atoms with E-state index in [1.54, 1.807) is 19.1 Å². The molecule has 3 nitrogen and oxygen atoms in total. The van der Waals surface area contributed by atoms with Crippen molar-refractivity contribution < 1.29 is 13.2 Å². The van der Waals surface area contributed by atoms with Gasteiger partial charge in [0.15, 0.2) is 0 Å². The molecule has 7 heteroatoms. The summed E-state index contributed by atoms with van der Waals surface area (Å²) in [6.45, 7) is 0.945. The third-order valence-corrected chi connectivity index (χ3v) is 2.94. The van der Waals surface area contributed by atoms with E-state index in [4.69, 9.17) is 5.73 Å². The van der Waals surface area contributed by atoms with E-state index in [9.17, 15) is 13.2 Å². The van der Waals surface area contributed by atoms with Crippen LogP contribution in [0.5, 0.6) is 0 Å². The first-order valence-corrected chi connectivity index (χ1v) is 5.77. The molecule has 1 aromatic heterocycles. The van der Waals surface area contributed by atoms with Crippen LogP contribution >= 0.6 is 15.9 Å². The fourth-order valence-corrected chi connectivity index (χ4v) is 1.57. The number of nitrogens with two attached hydrogens (primary N) is 1. The third kappa shape index (κ3) is 4.51. The molecule has 0 saturated carbocycles. The average Bonchev–Trinajstić information content (AvgIpc) is 2.19. The van der Waals surface area contributed by atoms with Crippen LogP contribution in [0.1, 0.15) is 5.69 Å². The summed E-state index contributed by atoms with van der Waals surface area (Å²) >= 11 is 3.25. The molecule has 0 aliphatic rings. The second-order valence-electron chi connectivity index (χ2n) is 3.56. The van der Waals surface area contributed by atoms with Gasteiger partial charge in [-0.25, -0.2) is 4.98 Å². The second-order valence-corrected chi connectivity index (χ2v) is 4.42. The zero-order chi connectivity index (χ0) is 13.1. The Kier molecular flexibility index (Phi) is 4.76. The molecule has 17 heavy (non-hydrogen) atoms. The number of anilines is 1. The summed E-state index contributed by atoms with van der Waals surface area (Å²) in [5.41, 5.74) is 5.95. The number of halogens is 4. The van der Waals surface area contributed by atoms with Gasteiger partial charge < -0.3 is 10.6 Å². The van der Waals surface area contributed by atoms with Crippen LogP contribution in [0, 0.1) is 6.92 Å². The van der Waals surface area contributed by atoms with E-state index in [0.717, 1.165) is 9.37 Å². The molecule has 0 saturated heterocycles. The van der Waals surface area contributed by atoms with Gasteiger partial charge in [0.25, 0.3) is 0 Å². The highest BCUT2D eigenvalue weighted by atomic mass is 79.9. The van der Waals surface area contributed by atoms with Gasteiger partial charge in [-0.1, -0.05) is 0 Å². The van der Waals surface area contributed by atoms with E-state index >= 15 is 0 Å². The van der Waals surface area contributed by atoms with Crippen LogP contribution in [0.25, 0.3) is 0 Å². The quantitative estimate of drug-likeness (QED) is 0.929. The maximum atomic E-state index is 12.4. The molecule has 0 bridgehead atoms. The maximum absolute atomic E-state index is 12.4. The highest BCUT2D eigenvalue weighted by molar-refractivity contribution is 9.10. The molecular weight excluding hydrogens is 299 g/mol. The number of alkyl halides is 3. The first kappa shape index (κ1) is 14.2. The molecule has 1 rings (SSSR count). The molecular formula is C10H13BrF3N3. The monoisotopic (exact) mass is 311 g/mol. The Morgan fingerprint density at radius 3 is 2.53 bits per heavy atom. The lowest BCUT2D eigenvalue weighted by molar-refractivity contribution is -0.119. The predicted octanol–water partition coefficient (Wildman–Crippen LogP) is 2.48. The van der Waals surface area contributed by atoms with Gasteiger partial charge >= 0.3 is 6.18 Å². The first-order valence-electron chi connectivity index (χ1n) is 4.98. The summed E-state index contributed by atoms with van der Waals surface area (Å²) in [5, 5.41) is 0. The van der Waals surface area contributed by atoms with Gasteiger partial charge in [-0.2, -0.15) is 13.2 Å². The van der Waals surface area contributed by atoms with Crippen LogP contribution in [0.2, 0.25) is 0 Å². The van der Waals surface area contributed by atoms with E-state index in [0.29, 0.717) is 5.69 Å². The van der Waals surface area contributed by atoms with Crippen molar-refractivity contribution in [3.8, 4) is 0 Å². The summed E-state index contributed by atoms with van der Waals surface area (Å²) in [7, 11) is 0. The van der Waals surface area contributed by atoms with Crippen molar-refractivity contribution in [2.75, 3.05) is 24.5 Å². The Hall–Kier alpha value is -0.820. The lowest BCUT2D eigenvalue weighted by Crippen LogP contribution is -2.38. The van der Waals surface area contributed by atoms with Gasteiger partial charge in [-0.3, -0.25) is 0 Å². The molecule has 0 unspecified atom stereocenters. The molecule has 0 spiro atoms. The third-order valence-electron chi connectivity index (χ3n) is 2.10. The van der Waals surface area contributed by atoms with Crippen molar-refractivity contribution in [3.63, 3.8) is 0 Å².